The molecular weight excluding hydrogens is 711 g/mol. The van der Waals surface area contributed by atoms with Crippen LogP contribution in [0.2, 0.25) is 0 Å². The summed E-state index contributed by atoms with van der Waals surface area (Å²) in [4.78, 5) is 2.66. The zero-order chi connectivity index (χ0) is 38.2. The molecule has 0 saturated carbocycles. The Kier molecular flexibility index (Phi) is 6.77. The van der Waals surface area contributed by atoms with E-state index in [1.807, 2.05) is 11.3 Å². The molecule has 274 valence electrons. The van der Waals surface area contributed by atoms with Gasteiger partial charge in [-0.3, -0.25) is 0 Å². The molecule has 3 heteroatoms. The largest absolute Gasteiger partial charge is 0.460 e. The lowest BCUT2D eigenvalue weighted by Crippen LogP contribution is -2.58. The van der Waals surface area contributed by atoms with Crippen molar-refractivity contribution in [3.8, 4) is 11.1 Å². The number of furan rings is 1. The van der Waals surface area contributed by atoms with Gasteiger partial charge >= 0.3 is 0 Å². The average molecular weight is 752 g/mol. The molecule has 1 aliphatic heterocycles. The number of para-hydroxylation sites is 2. The summed E-state index contributed by atoms with van der Waals surface area (Å²) in [5, 5.41) is 6.40. The number of anilines is 2. The summed E-state index contributed by atoms with van der Waals surface area (Å²) >= 11 is 1.87. The van der Waals surface area contributed by atoms with Gasteiger partial charge in [-0.15, -0.1) is 11.3 Å². The van der Waals surface area contributed by atoms with E-state index in [1.54, 1.807) is 0 Å². The summed E-state index contributed by atoms with van der Waals surface area (Å²) in [6, 6.07) is 58.7. The highest BCUT2D eigenvalue weighted by atomic mass is 32.1. The molecule has 2 nitrogen and oxygen atoms in total. The molecule has 0 spiro atoms. The van der Waals surface area contributed by atoms with Crippen molar-refractivity contribution in [2.45, 2.75) is 44.6 Å². The molecule has 0 bridgehead atoms. The second-order valence-corrected chi connectivity index (χ2v) is 17.8. The Bertz CT molecular complexity index is 3230. The molecule has 2 aromatic heterocycles. The smallest absolute Gasteiger partial charge is 0.134 e. The van der Waals surface area contributed by atoms with E-state index >= 15 is 0 Å². The van der Waals surface area contributed by atoms with E-state index in [4.69, 9.17) is 4.42 Å². The van der Waals surface area contributed by atoms with Crippen LogP contribution in [0.5, 0.6) is 0 Å². The minimum absolute atomic E-state index is 0.0968. The maximum atomic E-state index is 6.96. The van der Waals surface area contributed by atoms with Crippen LogP contribution in [0.1, 0.15) is 56.1 Å². The predicted octanol–water partition coefficient (Wildman–Crippen LogP) is 15.0. The monoisotopic (exact) mass is 751 g/mol. The Labute approximate surface area is 337 Å². The third-order valence-electron chi connectivity index (χ3n) is 13.7. The fraction of sp³-hybridized carbons (Fsp3) is 0.148. The lowest BCUT2D eigenvalue weighted by atomic mass is 9.51. The van der Waals surface area contributed by atoms with E-state index < -0.39 is 11.0 Å². The van der Waals surface area contributed by atoms with Gasteiger partial charge in [-0.1, -0.05) is 129 Å². The van der Waals surface area contributed by atoms with Gasteiger partial charge in [-0.05, 0) is 112 Å². The van der Waals surface area contributed by atoms with Crippen molar-refractivity contribution in [1.29, 1.82) is 0 Å². The van der Waals surface area contributed by atoms with E-state index in [9.17, 15) is 0 Å². The molecule has 4 atom stereocenters. The van der Waals surface area contributed by atoms with E-state index in [-0.39, 0.29) is 11.8 Å². The highest BCUT2D eigenvalue weighted by molar-refractivity contribution is 7.25. The van der Waals surface area contributed by atoms with Crippen LogP contribution in [-0.2, 0) is 5.41 Å². The van der Waals surface area contributed by atoms with Crippen LogP contribution >= 0.6 is 11.3 Å². The molecule has 0 radical (unpaired) electrons. The molecule has 0 N–H and O–H groups in total. The molecule has 2 aliphatic carbocycles. The predicted molar refractivity (Wildman–Crippen MR) is 241 cm³/mol. The van der Waals surface area contributed by atoms with Gasteiger partial charge in [-0.25, -0.2) is 0 Å². The molecule has 57 heavy (non-hydrogen) atoms. The first kappa shape index (κ1) is 33.0. The first-order valence-corrected chi connectivity index (χ1v) is 21.0. The first-order valence-electron chi connectivity index (χ1n) is 20.2. The number of rotatable bonds is 3. The van der Waals surface area contributed by atoms with Gasteiger partial charge in [0.05, 0.1) is 5.54 Å². The molecule has 3 heterocycles. The molecule has 4 unspecified atom stereocenters. The van der Waals surface area contributed by atoms with Gasteiger partial charge in [0.2, 0.25) is 0 Å². The van der Waals surface area contributed by atoms with Gasteiger partial charge in [0, 0.05) is 59.7 Å². The van der Waals surface area contributed by atoms with E-state index in [0.29, 0.717) is 0 Å². The topological polar surface area (TPSA) is 16.4 Å². The van der Waals surface area contributed by atoms with Gasteiger partial charge in [0.1, 0.15) is 11.3 Å². The molecule has 12 rings (SSSR count). The van der Waals surface area contributed by atoms with Crippen molar-refractivity contribution in [1.82, 2.24) is 0 Å². The Morgan fingerprint density at radius 3 is 2.19 bits per heavy atom. The third-order valence-corrected chi connectivity index (χ3v) is 14.8. The van der Waals surface area contributed by atoms with Crippen LogP contribution in [0.15, 0.2) is 179 Å². The van der Waals surface area contributed by atoms with Gasteiger partial charge < -0.3 is 9.32 Å². The maximum absolute atomic E-state index is 6.96. The first-order chi connectivity index (χ1) is 27.8. The summed E-state index contributed by atoms with van der Waals surface area (Å²) in [6.07, 6.45) is 2.63. The summed E-state index contributed by atoms with van der Waals surface area (Å²) in [6.45, 7) is 9.80. The quantitative estimate of drug-likeness (QED) is 0.167. The van der Waals surface area contributed by atoms with Crippen molar-refractivity contribution in [3.63, 3.8) is 0 Å². The van der Waals surface area contributed by atoms with Crippen LogP contribution in [0.4, 0.5) is 11.4 Å². The number of hydrogen-bond donors (Lipinski definition) is 0. The Hall–Kier alpha value is -6.16. The van der Waals surface area contributed by atoms with Crippen LogP contribution in [0.3, 0.4) is 0 Å². The Morgan fingerprint density at radius 1 is 0.579 bits per heavy atom. The highest BCUT2D eigenvalue weighted by Gasteiger charge is 2.59. The van der Waals surface area contributed by atoms with Crippen LogP contribution < -0.4 is 4.90 Å². The summed E-state index contributed by atoms with van der Waals surface area (Å²) < 4.78 is 9.62. The normalized spacial score (nSPS) is 22.5. The molecule has 0 saturated heterocycles. The zero-order valence-electron chi connectivity index (χ0n) is 32.5. The van der Waals surface area contributed by atoms with Gasteiger partial charge in [-0.2, -0.15) is 0 Å². The van der Waals surface area contributed by atoms with Crippen molar-refractivity contribution in [2.75, 3.05) is 4.90 Å². The summed E-state index contributed by atoms with van der Waals surface area (Å²) in [7, 11) is 0. The summed E-state index contributed by atoms with van der Waals surface area (Å²) in [5.41, 5.74) is 13.1. The molecule has 0 fully saturated rings. The van der Waals surface area contributed by atoms with E-state index in [1.165, 1.54) is 92.2 Å². The standard InChI is InChI=1S/C54H41NOS/c1-32-43(38-25-24-34-14-5-6-15-35(34)28-38)31-53(3)52-49(32)33(2)51-50(41-19-7-11-22-46(41)56-51)54(52,4)44-20-9-10-21-45(44)55(53)39-17-13-16-36(29-39)37-26-27-48-42(30-37)40-18-8-12-23-47(40)57-48/h5-33H,1-4H3. The van der Waals surface area contributed by atoms with Crippen molar-refractivity contribution in [3.05, 3.63) is 197 Å². The number of nitrogens with zero attached hydrogens (tertiary/aromatic N) is 1. The fourth-order valence-corrected chi connectivity index (χ4v) is 12.4. The number of fused-ring (bicyclic) bond motifs is 10. The zero-order valence-corrected chi connectivity index (χ0v) is 33.3. The minimum atomic E-state index is -0.512. The van der Waals surface area contributed by atoms with Gasteiger partial charge in [0.15, 0.2) is 0 Å². The van der Waals surface area contributed by atoms with E-state index in [2.05, 4.69) is 196 Å². The number of allylic oxidation sites excluding steroid dienone is 2. The lowest BCUT2D eigenvalue weighted by molar-refractivity contribution is 0.418. The average Bonchev–Trinajstić information content (AvgIpc) is 3.83. The number of thiophene rings is 1. The molecule has 0 amide bonds. The van der Waals surface area contributed by atoms with Crippen LogP contribution in [0.25, 0.3) is 58.6 Å². The molecular formula is C54H41NOS. The van der Waals surface area contributed by atoms with Crippen molar-refractivity contribution < 1.29 is 4.42 Å². The highest BCUT2D eigenvalue weighted by Crippen LogP contribution is 2.66. The number of hydrogen-bond acceptors (Lipinski definition) is 3. The fourth-order valence-electron chi connectivity index (χ4n) is 11.3. The molecule has 7 aromatic carbocycles. The molecule has 9 aromatic rings. The maximum Gasteiger partial charge on any atom is 0.134 e. The minimum Gasteiger partial charge on any atom is -0.460 e. The third kappa shape index (κ3) is 4.41. The SMILES string of the molecule is CC1C(c2ccc3ccccc3c2)=CC2(C)C3=C1C(C)c1oc4ccccc4c1C3(C)c1ccccc1N2c1cccc(-c2ccc3sc4ccccc4c3c2)c1. The van der Waals surface area contributed by atoms with Crippen LogP contribution in [-0.4, -0.2) is 5.54 Å². The van der Waals surface area contributed by atoms with E-state index in [0.717, 1.165) is 11.3 Å². The van der Waals surface area contributed by atoms with Crippen LogP contribution in [0, 0.1) is 5.92 Å². The lowest BCUT2D eigenvalue weighted by Gasteiger charge is -2.60. The number of benzene rings is 7. The molecule has 3 aliphatic rings. The van der Waals surface area contributed by atoms with Crippen molar-refractivity contribution >= 4 is 70.2 Å². The Morgan fingerprint density at radius 2 is 1.30 bits per heavy atom. The Balaban J connectivity index is 1.14. The second kappa shape index (κ2) is 11.7. The van der Waals surface area contributed by atoms with Gasteiger partial charge in [0.25, 0.3) is 0 Å². The second-order valence-electron chi connectivity index (χ2n) is 16.8. The van der Waals surface area contributed by atoms with Crippen molar-refractivity contribution in [2.24, 2.45) is 5.92 Å². The summed E-state index contributed by atoms with van der Waals surface area (Å²) in [5.74, 6) is 1.38.